The minimum Gasteiger partial charge on any atom is -0.480 e. The molecule has 104 valence electrons. The number of thioether (sulfide) groups is 1. The van der Waals surface area contributed by atoms with Crippen LogP contribution in [-0.4, -0.2) is 28.8 Å². The maximum atomic E-state index is 11.7. The molecular weight excluding hydrogens is 262 g/mol. The number of benzene rings is 1. The number of amides is 1. The molecule has 0 fully saturated rings. The van der Waals surface area contributed by atoms with Crippen molar-refractivity contribution in [3.63, 3.8) is 0 Å². The van der Waals surface area contributed by atoms with Crippen molar-refractivity contribution in [3.05, 3.63) is 30.3 Å². The standard InChI is InChI=1S/C14H19NO3S/c1-2-3-9-12(14(17)18)15-13(16)10-19-11-7-5-4-6-8-11/h4-8,12H,2-3,9-10H2,1H3,(H,15,16)(H,17,18)/t12-/m0/s1. The van der Waals surface area contributed by atoms with E-state index in [0.29, 0.717) is 6.42 Å². The normalized spacial score (nSPS) is 11.8. The molecular formula is C14H19NO3S. The summed E-state index contributed by atoms with van der Waals surface area (Å²) < 4.78 is 0. The highest BCUT2D eigenvalue weighted by Crippen LogP contribution is 2.16. The lowest BCUT2D eigenvalue weighted by atomic mass is 10.1. The molecule has 1 aromatic carbocycles. The quantitative estimate of drug-likeness (QED) is 0.719. The molecule has 19 heavy (non-hydrogen) atoms. The van der Waals surface area contributed by atoms with Gasteiger partial charge in [0.1, 0.15) is 6.04 Å². The van der Waals surface area contributed by atoms with Crippen molar-refractivity contribution in [1.29, 1.82) is 0 Å². The van der Waals surface area contributed by atoms with Crippen LogP contribution in [0.2, 0.25) is 0 Å². The van der Waals surface area contributed by atoms with Crippen LogP contribution >= 0.6 is 11.8 Å². The van der Waals surface area contributed by atoms with Crippen molar-refractivity contribution in [1.82, 2.24) is 5.32 Å². The topological polar surface area (TPSA) is 66.4 Å². The molecule has 0 bridgehead atoms. The molecule has 1 atom stereocenters. The van der Waals surface area contributed by atoms with Gasteiger partial charge in [0.15, 0.2) is 0 Å². The van der Waals surface area contributed by atoms with E-state index in [1.54, 1.807) is 0 Å². The molecule has 5 heteroatoms. The molecule has 1 aromatic rings. The fraction of sp³-hybridized carbons (Fsp3) is 0.429. The zero-order valence-corrected chi connectivity index (χ0v) is 11.8. The van der Waals surface area contributed by atoms with E-state index in [4.69, 9.17) is 5.11 Å². The Morgan fingerprint density at radius 1 is 1.32 bits per heavy atom. The summed E-state index contributed by atoms with van der Waals surface area (Å²) in [4.78, 5) is 23.7. The summed E-state index contributed by atoms with van der Waals surface area (Å²) in [5.41, 5.74) is 0. The van der Waals surface area contributed by atoms with Gasteiger partial charge in [-0.05, 0) is 18.6 Å². The lowest BCUT2D eigenvalue weighted by Gasteiger charge is -2.13. The third-order valence-electron chi connectivity index (χ3n) is 2.59. The number of rotatable bonds is 8. The third-order valence-corrected chi connectivity index (χ3v) is 3.60. The van der Waals surface area contributed by atoms with Crippen LogP contribution in [0.3, 0.4) is 0 Å². The van der Waals surface area contributed by atoms with Crippen LogP contribution in [0.1, 0.15) is 26.2 Å². The second kappa shape index (κ2) is 8.58. The van der Waals surface area contributed by atoms with Gasteiger partial charge in [0.05, 0.1) is 5.75 Å². The Bertz CT molecular complexity index is 408. The number of aliphatic carboxylic acids is 1. The number of nitrogens with one attached hydrogen (secondary N) is 1. The summed E-state index contributed by atoms with van der Waals surface area (Å²) >= 11 is 1.40. The minimum atomic E-state index is -0.966. The largest absolute Gasteiger partial charge is 0.480 e. The molecule has 0 aliphatic rings. The number of hydrogen-bond acceptors (Lipinski definition) is 3. The molecule has 0 saturated heterocycles. The summed E-state index contributed by atoms with van der Waals surface area (Å²) in [6, 6.07) is 8.79. The van der Waals surface area contributed by atoms with Crippen LogP contribution in [0.5, 0.6) is 0 Å². The molecule has 0 spiro atoms. The van der Waals surface area contributed by atoms with Crippen LogP contribution in [-0.2, 0) is 9.59 Å². The van der Waals surface area contributed by atoms with Crippen molar-refractivity contribution in [2.24, 2.45) is 0 Å². The summed E-state index contributed by atoms with van der Waals surface area (Å²) in [5.74, 6) is -0.969. The third kappa shape index (κ3) is 6.29. The van der Waals surface area contributed by atoms with E-state index in [2.05, 4.69) is 5.32 Å². The Balaban J connectivity index is 2.38. The minimum absolute atomic E-state index is 0.236. The Hall–Kier alpha value is -1.49. The lowest BCUT2D eigenvalue weighted by Crippen LogP contribution is -2.41. The van der Waals surface area contributed by atoms with Crippen LogP contribution in [0.4, 0.5) is 0 Å². The highest BCUT2D eigenvalue weighted by atomic mass is 32.2. The monoisotopic (exact) mass is 281 g/mol. The number of hydrogen-bond donors (Lipinski definition) is 2. The van der Waals surface area contributed by atoms with Crippen molar-refractivity contribution in [2.45, 2.75) is 37.1 Å². The van der Waals surface area contributed by atoms with E-state index in [1.807, 2.05) is 37.3 Å². The highest BCUT2D eigenvalue weighted by molar-refractivity contribution is 8.00. The van der Waals surface area contributed by atoms with Gasteiger partial charge in [-0.25, -0.2) is 4.79 Å². The zero-order valence-electron chi connectivity index (χ0n) is 11.0. The average Bonchev–Trinajstić information content (AvgIpc) is 2.42. The first-order valence-corrected chi connectivity index (χ1v) is 7.32. The molecule has 0 heterocycles. The van der Waals surface area contributed by atoms with Gasteiger partial charge in [-0.1, -0.05) is 38.0 Å². The van der Waals surface area contributed by atoms with E-state index in [0.717, 1.165) is 17.7 Å². The molecule has 0 saturated carbocycles. The molecule has 1 amide bonds. The highest BCUT2D eigenvalue weighted by Gasteiger charge is 2.18. The van der Waals surface area contributed by atoms with Crippen LogP contribution < -0.4 is 5.32 Å². The average molecular weight is 281 g/mol. The molecule has 0 aliphatic carbocycles. The van der Waals surface area contributed by atoms with Gasteiger partial charge in [0, 0.05) is 4.90 Å². The Kier molecular flexibility index (Phi) is 7.03. The Morgan fingerprint density at radius 2 is 2.00 bits per heavy atom. The van der Waals surface area contributed by atoms with Crippen molar-refractivity contribution in [2.75, 3.05) is 5.75 Å². The van der Waals surface area contributed by atoms with Gasteiger partial charge in [-0.2, -0.15) is 0 Å². The Labute approximate surface area is 117 Å². The SMILES string of the molecule is CCCC[C@H](NC(=O)CSc1ccccc1)C(=O)O. The summed E-state index contributed by atoms with van der Waals surface area (Å²) in [7, 11) is 0. The lowest BCUT2D eigenvalue weighted by molar-refractivity contribution is -0.141. The number of carboxylic acids is 1. The van der Waals surface area contributed by atoms with Crippen molar-refractivity contribution < 1.29 is 14.7 Å². The van der Waals surface area contributed by atoms with Gasteiger partial charge < -0.3 is 10.4 Å². The molecule has 0 radical (unpaired) electrons. The molecule has 0 aliphatic heterocycles. The number of carbonyl (C=O) groups is 2. The van der Waals surface area contributed by atoms with Gasteiger partial charge >= 0.3 is 5.97 Å². The summed E-state index contributed by atoms with van der Waals surface area (Å²) in [6.07, 6.45) is 2.19. The van der Waals surface area contributed by atoms with Crippen LogP contribution in [0.15, 0.2) is 35.2 Å². The zero-order chi connectivity index (χ0) is 14.1. The van der Waals surface area contributed by atoms with Gasteiger partial charge in [-0.3, -0.25) is 4.79 Å². The fourth-order valence-corrected chi connectivity index (χ4v) is 2.30. The predicted molar refractivity (Wildman–Crippen MR) is 76.3 cm³/mol. The van der Waals surface area contributed by atoms with Crippen molar-refractivity contribution >= 4 is 23.6 Å². The van der Waals surface area contributed by atoms with Crippen LogP contribution in [0.25, 0.3) is 0 Å². The molecule has 0 unspecified atom stereocenters. The van der Waals surface area contributed by atoms with E-state index < -0.39 is 12.0 Å². The first-order chi connectivity index (χ1) is 9.13. The van der Waals surface area contributed by atoms with E-state index >= 15 is 0 Å². The van der Waals surface area contributed by atoms with Gasteiger partial charge in [0.25, 0.3) is 0 Å². The van der Waals surface area contributed by atoms with E-state index in [1.165, 1.54) is 11.8 Å². The molecule has 0 aromatic heterocycles. The number of unbranched alkanes of at least 4 members (excludes halogenated alkanes) is 1. The molecule has 2 N–H and O–H groups in total. The van der Waals surface area contributed by atoms with Gasteiger partial charge in [-0.15, -0.1) is 11.8 Å². The first-order valence-electron chi connectivity index (χ1n) is 6.33. The second-order valence-corrected chi connectivity index (χ2v) is 5.25. The maximum absolute atomic E-state index is 11.7. The van der Waals surface area contributed by atoms with Crippen molar-refractivity contribution in [3.8, 4) is 0 Å². The summed E-state index contributed by atoms with van der Waals surface area (Å²) in [6.45, 7) is 1.99. The molecule has 1 rings (SSSR count). The van der Waals surface area contributed by atoms with E-state index in [9.17, 15) is 9.59 Å². The maximum Gasteiger partial charge on any atom is 0.326 e. The first kappa shape index (κ1) is 15.6. The predicted octanol–water partition coefficient (Wildman–Crippen LogP) is 2.54. The summed E-state index contributed by atoms with van der Waals surface area (Å²) in [5, 5.41) is 11.6. The second-order valence-electron chi connectivity index (χ2n) is 4.20. The van der Waals surface area contributed by atoms with E-state index in [-0.39, 0.29) is 11.7 Å². The van der Waals surface area contributed by atoms with Gasteiger partial charge in [0.2, 0.25) is 5.91 Å². The fourth-order valence-electron chi connectivity index (χ4n) is 1.57. The smallest absolute Gasteiger partial charge is 0.326 e. The van der Waals surface area contributed by atoms with Crippen LogP contribution in [0, 0.1) is 0 Å². The Morgan fingerprint density at radius 3 is 2.58 bits per heavy atom. The molecule has 4 nitrogen and oxygen atoms in total. The number of carbonyl (C=O) groups excluding carboxylic acids is 1. The number of carboxylic acid groups (broad SMARTS) is 1.